The van der Waals surface area contributed by atoms with Crippen LogP contribution in [0, 0.1) is 5.82 Å². The molecule has 2 N–H and O–H groups in total. The van der Waals surface area contributed by atoms with Crippen molar-refractivity contribution in [1.82, 2.24) is 9.88 Å². The first-order valence-electron chi connectivity index (χ1n) is 7.89. The van der Waals surface area contributed by atoms with Gasteiger partial charge in [0.2, 0.25) is 5.91 Å². The molecule has 0 aliphatic rings. The van der Waals surface area contributed by atoms with Crippen molar-refractivity contribution < 1.29 is 14.0 Å². The van der Waals surface area contributed by atoms with E-state index in [1.54, 1.807) is 30.3 Å². The number of carbonyl (C=O) groups is 2. The molecule has 1 aromatic heterocycles. The number of benzene rings is 2. The average Bonchev–Trinajstić information content (AvgIpc) is 2.63. The minimum atomic E-state index is -0.476. The molecule has 0 saturated heterocycles. The molecule has 6 nitrogen and oxygen atoms in total. The first kappa shape index (κ1) is 17.3. The molecule has 0 spiro atoms. The minimum Gasteiger partial charge on any atom is -0.355 e. The van der Waals surface area contributed by atoms with E-state index in [0.29, 0.717) is 16.6 Å². The zero-order valence-corrected chi connectivity index (χ0v) is 14.0. The predicted octanol–water partition coefficient (Wildman–Crippen LogP) is 2.14. The summed E-state index contributed by atoms with van der Waals surface area (Å²) in [6, 6.07) is 13.5. The maximum absolute atomic E-state index is 13.2. The summed E-state index contributed by atoms with van der Waals surface area (Å²) < 4.78 is 14.5. The lowest BCUT2D eigenvalue weighted by atomic mass is 10.1. The molecule has 3 rings (SSSR count). The third kappa shape index (κ3) is 3.46. The smallest absolute Gasteiger partial charge is 0.252 e. The van der Waals surface area contributed by atoms with Crippen LogP contribution in [-0.2, 0) is 11.3 Å². The number of para-hydroxylation sites is 1. The Hall–Kier alpha value is -3.48. The summed E-state index contributed by atoms with van der Waals surface area (Å²) in [5, 5.41) is 5.61. The Labute approximate surface area is 148 Å². The van der Waals surface area contributed by atoms with E-state index in [4.69, 9.17) is 0 Å². The average molecular weight is 353 g/mol. The molecule has 0 aliphatic heterocycles. The molecule has 0 fully saturated rings. The van der Waals surface area contributed by atoms with Crippen LogP contribution in [0.2, 0.25) is 0 Å². The van der Waals surface area contributed by atoms with Crippen molar-refractivity contribution in [1.29, 1.82) is 0 Å². The van der Waals surface area contributed by atoms with E-state index in [1.165, 1.54) is 35.9 Å². The van der Waals surface area contributed by atoms with E-state index in [2.05, 4.69) is 10.6 Å². The fourth-order valence-corrected chi connectivity index (χ4v) is 2.73. The number of aromatic nitrogens is 1. The van der Waals surface area contributed by atoms with Gasteiger partial charge in [-0.25, -0.2) is 4.39 Å². The van der Waals surface area contributed by atoms with Crippen LogP contribution in [-0.4, -0.2) is 23.4 Å². The van der Waals surface area contributed by atoms with Gasteiger partial charge in [0, 0.05) is 24.2 Å². The van der Waals surface area contributed by atoms with Gasteiger partial charge in [-0.2, -0.15) is 0 Å². The van der Waals surface area contributed by atoms with Gasteiger partial charge in [0.1, 0.15) is 12.4 Å². The highest BCUT2D eigenvalue weighted by atomic mass is 19.1. The Kier molecular flexibility index (Phi) is 4.79. The van der Waals surface area contributed by atoms with Gasteiger partial charge in [-0.05, 0) is 24.3 Å². The van der Waals surface area contributed by atoms with Gasteiger partial charge in [0.05, 0.1) is 11.1 Å². The summed E-state index contributed by atoms with van der Waals surface area (Å²) in [7, 11) is 1.48. The second-order valence-corrected chi connectivity index (χ2v) is 5.64. The molecule has 26 heavy (non-hydrogen) atoms. The first-order valence-corrected chi connectivity index (χ1v) is 7.89. The molecule has 0 unspecified atom stereocenters. The zero-order valence-electron chi connectivity index (χ0n) is 14.0. The number of hydrogen-bond donors (Lipinski definition) is 2. The molecule has 3 aromatic rings. The molecular weight excluding hydrogens is 337 g/mol. The van der Waals surface area contributed by atoms with Gasteiger partial charge < -0.3 is 10.6 Å². The van der Waals surface area contributed by atoms with Crippen molar-refractivity contribution in [2.75, 3.05) is 12.4 Å². The van der Waals surface area contributed by atoms with Gasteiger partial charge in [-0.1, -0.05) is 24.3 Å². The molecule has 0 saturated carbocycles. The number of hydrogen-bond acceptors (Lipinski definition) is 3. The fraction of sp³-hybridized carbons (Fsp3) is 0.105. The summed E-state index contributed by atoms with van der Waals surface area (Å²) in [5.41, 5.74) is 0.536. The van der Waals surface area contributed by atoms with Crippen LogP contribution in [0.15, 0.2) is 59.4 Å². The van der Waals surface area contributed by atoms with Gasteiger partial charge in [-0.3, -0.25) is 19.0 Å². The summed E-state index contributed by atoms with van der Waals surface area (Å²) in [6.07, 6.45) is 0. The summed E-state index contributed by atoms with van der Waals surface area (Å²) in [5.74, 6) is -1.33. The highest BCUT2D eigenvalue weighted by molar-refractivity contribution is 6.06. The van der Waals surface area contributed by atoms with Crippen molar-refractivity contribution in [2.24, 2.45) is 0 Å². The Bertz CT molecular complexity index is 1060. The molecule has 1 heterocycles. The van der Waals surface area contributed by atoms with Gasteiger partial charge in [0.25, 0.3) is 11.5 Å². The van der Waals surface area contributed by atoms with E-state index in [-0.39, 0.29) is 18.0 Å². The second-order valence-electron chi connectivity index (χ2n) is 5.64. The Morgan fingerprint density at radius 2 is 1.85 bits per heavy atom. The van der Waals surface area contributed by atoms with Crippen molar-refractivity contribution in [3.8, 4) is 0 Å². The highest BCUT2D eigenvalue weighted by Gasteiger charge is 2.15. The fourth-order valence-electron chi connectivity index (χ4n) is 2.73. The molecular formula is C19H16FN3O3. The van der Waals surface area contributed by atoms with Crippen LogP contribution in [0.3, 0.4) is 0 Å². The monoisotopic (exact) mass is 353 g/mol. The summed E-state index contributed by atoms with van der Waals surface area (Å²) in [6.45, 7) is -0.260. The first-order chi connectivity index (χ1) is 12.5. The number of rotatable bonds is 4. The van der Waals surface area contributed by atoms with Crippen LogP contribution in [0.1, 0.15) is 10.4 Å². The Morgan fingerprint density at radius 1 is 1.08 bits per heavy atom. The number of nitrogens with one attached hydrogen (secondary N) is 2. The third-order valence-electron chi connectivity index (χ3n) is 3.90. The van der Waals surface area contributed by atoms with Crippen LogP contribution >= 0.6 is 0 Å². The molecule has 0 bridgehead atoms. The second kappa shape index (κ2) is 7.18. The van der Waals surface area contributed by atoms with E-state index in [0.717, 1.165) is 0 Å². The van der Waals surface area contributed by atoms with E-state index >= 15 is 0 Å². The van der Waals surface area contributed by atoms with E-state index in [1.807, 2.05) is 0 Å². The molecule has 2 aromatic carbocycles. The third-order valence-corrected chi connectivity index (χ3v) is 3.90. The number of fused-ring (bicyclic) bond motifs is 1. The maximum atomic E-state index is 13.2. The highest BCUT2D eigenvalue weighted by Crippen LogP contribution is 2.17. The summed E-state index contributed by atoms with van der Waals surface area (Å²) in [4.78, 5) is 36.8. The van der Waals surface area contributed by atoms with Crippen molar-refractivity contribution in [2.45, 2.75) is 6.54 Å². The predicted molar refractivity (Wildman–Crippen MR) is 96.6 cm³/mol. The Balaban J connectivity index is 1.98. The molecule has 0 aliphatic carbocycles. The number of carbonyl (C=O) groups excluding carboxylic acids is 2. The lowest BCUT2D eigenvalue weighted by Crippen LogP contribution is -2.30. The minimum absolute atomic E-state index is 0.245. The lowest BCUT2D eigenvalue weighted by Gasteiger charge is -2.13. The van der Waals surface area contributed by atoms with E-state index in [9.17, 15) is 18.8 Å². The SMILES string of the molecule is CNC(=O)c1cc(=O)n(CC(=O)Nc2cccc(F)c2)c2ccccc12. The van der Waals surface area contributed by atoms with Crippen molar-refractivity contribution in [3.05, 3.63) is 76.3 Å². The van der Waals surface area contributed by atoms with Crippen LogP contribution in [0.4, 0.5) is 10.1 Å². The molecule has 132 valence electrons. The largest absolute Gasteiger partial charge is 0.355 e. The molecule has 0 atom stereocenters. The zero-order chi connectivity index (χ0) is 18.7. The number of pyridine rings is 1. The van der Waals surface area contributed by atoms with Crippen LogP contribution < -0.4 is 16.2 Å². The standard InChI is InChI=1S/C19H16FN3O3/c1-21-19(26)15-10-18(25)23(16-8-3-2-7-14(15)16)11-17(24)22-13-6-4-5-12(20)9-13/h2-10H,11H2,1H3,(H,21,26)(H,22,24). The van der Waals surface area contributed by atoms with Gasteiger partial charge in [0.15, 0.2) is 0 Å². The molecule has 7 heteroatoms. The van der Waals surface area contributed by atoms with Gasteiger partial charge in [-0.15, -0.1) is 0 Å². The molecule has 0 radical (unpaired) electrons. The lowest BCUT2D eigenvalue weighted by molar-refractivity contribution is -0.116. The van der Waals surface area contributed by atoms with Crippen molar-refractivity contribution in [3.63, 3.8) is 0 Å². The Morgan fingerprint density at radius 3 is 2.58 bits per heavy atom. The van der Waals surface area contributed by atoms with E-state index < -0.39 is 17.3 Å². The maximum Gasteiger partial charge on any atom is 0.252 e. The topological polar surface area (TPSA) is 80.2 Å². The number of anilines is 1. The number of amides is 2. The van der Waals surface area contributed by atoms with Crippen LogP contribution in [0.5, 0.6) is 0 Å². The quantitative estimate of drug-likeness (QED) is 0.754. The number of halogens is 1. The molecule has 2 amide bonds. The van der Waals surface area contributed by atoms with Gasteiger partial charge >= 0.3 is 0 Å². The number of nitrogens with zero attached hydrogens (tertiary/aromatic N) is 1. The van der Waals surface area contributed by atoms with Crippen molar-refractivity contribution >= 4 is 28.4 Å². The normalized spacial score (nSPS) is 10.5. The summed E-state index contributed by atoms with van der Waals surface area (Å²) >= 11 is 0. The van der Waals surface area contributed by atoms with Crippen LogP contribution in [0.25, 0.3) is 10.9 Å².